The highest BCUT2D eigenvalue weighted by molar-refractivity contribution is 14.1. The molecule has 0 N–H and O–H groups in total. The fourth-order valence-electron chi connectivity index (χ4n) is 3.44. The number of nitrogens with zero attached hydrogens (tertiary/aromatic N) is 2. The molecule has 3 nitrogen and oxygen atoms in total. The van der Waals surface area contributed by atoms with Gasteiger partial charge in [-0.1, -0.05) is 54.6 Å². The molecule has 0 aliphatic rings. The van der Waals surface area contributed by atoms with E-state index in [4.69, 9.17) is 10.00 Å². The average molecular weight is 638 g/mol. The van der Waals surface area contributed by atoms with Crippen LogP contribution < -0.4 is 4.74 Å². The first-order valence-electron chi connectivity index (χ1n) is 9.80. The van der Waals surface area contributed by atoms with Crippen molar-refractivity contribution in [2.24, 2.45) is 0 Å². The Hall–Kier alpha value is -2.88. The third kappa shape index (κ3) is 4.95. The Kier molecular flexibility index (Phi) is 7.09. The van der Waals surface area contributed by atoms with Gasteiger partial charge < -0.3 is 4.74 Å². The normalized spacial score (nSPS) is 11.1. The molecule has 0 spiro atoms. The van der Waals surface area contributed by atoms with E-state index in [-0.39, 0.29) is 0 Å². The summed E-state index contributed by atoms with van der Waals surface area (Å²) in [6, 6.07) is 30.0. The quantitative estimate of drug-likeness (QED) is 0.129. The van der Waals surface area contributed by atoms with Crippen molar-refractivity contribution in [3.05, 3.63) is 108 Å². The molecule has 0 aliphatic heterocycles. The highest BCUT2D eigenvalue weighted by Gasteiger charge is 2.11. The number of rotatable bonds is 5. The SMILES string of the molecule is N#C/C(=C/c1cc(I)c(OCc2cccc3ccccc23)c(I)c1)c1ccc(C#N)cc1. The fraction of sp³-hybridized carbons (Fsp3) is 0.0370. The molecule has 0 bridgehead atoms. The molecule has 0 heterocycles. The van der Waals surface area contributed by atoms with Gasteiger partial charge >= 0.3 is 0 Å². The Morgan fingerprint density at radius 3 is 2.25 bits per heavy atom. The van der Waals surface area contributed by atoms with Crippen LogP contribution in [-0.2, 0) is 6.61 Å². The molecular formula is C27H16I2N2O. The Morgan fingerprint density at radius 1 is 0.875 bits per heavy atom. The van der Waals surface area contributed by atoms with Gasteiger partial charge in [0.1, 0.15) is 12.4 Å². The molecule has 5 heteroatoms. The van der Waals surface area contributed by atoms with Crippen LogP contribution in [-0.4, -0.2) is 0 Å². The maximum absolute atomic E-state index is 9.65. The predicted molar refractivity (Wildman–Crippen MR) is 145 cm³/mol. The molecular weight excluding hydrogens is 622 g/mol. The molecule has 4 aromatic rings. The Balaban J connectivity index is 1.59. The molecule has 0 atom stereocenters. The first-order valence-corrected chi connectivity index (χ1v) is 12.0. The highest BCUT2D eigenvalue weighted by atomic mass is 127. The zero-order valence-corrected chi connectivity index (χ0v) is 21.2. The first-order chi connectivity index (χ1) is 15.6. The first kappa shape index (κ1) is 22.3. The minimum Gasteiger partial charge on any atom is -0.487 e. The minimum absolute atomic E-state index is 0.483. The van der Waals surface area contributed by atoms with Crippen molar-refractivity contribution in [1.82, 2.24) is 0 Å². The summed E-state index contributed by atoms with van der Waals surface area (Å²) in [5, 5.41) is 21.0. The van der Waals surface area contributed by atoms with E-state index < -0.39 is 0 Å². The van der Waals surface area contributed by atoms with E-state index in [1.54, 1.807) is 24.3 Å². The predicted octanol–water partition coefficient (Wildman–Crippen LogP) is 7.56. The van der Waals surface area contributed by atoms with Crippen LogP contribution in [0.25, 0.3) is 22.4 Å². The van der Waals surface area contributed by atoms with Crippen molar-refractivity contribution < 1.29 is 4.74 Å². The lowest BCUT2D eigenvalue weighted by molar-refractivity contribution is 0.303. The van der Waals surface area contributed by atoms with E-state index >= 15 is 0 Å². The van der Waals surface area contributed by atoms with Crippen molar-refractivity contribution in [2.45, 2.75) is 6.61 Å². The minimum atomic E-state index is 0.483. The third-order valence-electron chi connectivity index (χ3n) is 5.03. The van der Waals surface area contributed by atoms with Gasteiger partial charge in [0, 0.05) is 0 Å². The lowest BCUT2D eigenvalue weighted by Crippen LogP contribution is -2.00. The maximum Gasteiger partial charge on any atom is 0.146 e. The number of ether oxygens (including phenoxy) is 1. The monoisotopic (exact) mass is 638 g/mol. The molecule has 0 radical (unpaired) electrons. The van der Waals surface area contributed by atoms with Crippen LogP contribution in [0.2, 0.25) is 0 Å². The molecule has 0 fully saturated rings. The number of benzene rings is 4. The van der Waals surface area contributed by atoms with E-state index in [1.165, 1.54) is 10.8 Å². The van der Waals surface area contributed by atoms with Gasteiger partial charge in [0.15, 0.2) is 0 Å². The fourth-order valence-corrected chi connectivity index (χ4v) is 5.57. The van der Waals surface area contributed by atoms with E-state index in [9.17, 15) is 5.26 Å². The van der Waals surface area contributed by atoms with Crippen molar-refractivity contribution >= 4 is 67.6 Å². The Morgan fingerprint density at radius 2 is 1.56 bits per heavy atom. The molecule has 154 valence electrons. The van der Waals surface area contributed by atoms with E-state index in [0.29, 0.717) is 17.7 Å². The summed E-state index contributed by atoms with van der Waals surface area (Å²) in [6.07, 6.45) is 1.86. The van der Waals surface area contributed by atoms with Gasteiger partial charge in [0.05, 0.1) is 30.4 Å². The number of halogens is 2. The molecule has 0 unspecified atom stereocenters. The van der Waals surface area contributed by atoms with Gasteiger partial charge in [-0.3, -0.25) is 0 Å². The lowest BCUT2D eigenvalue weighted by atomic mass is 10.0. The summed E-state index contributed by atoms with van der Waals surface area (Å²) in [7, 11) is 0. The van der Waals surface area contributed by atoms with Gasteiger partial charge in [-0.15, -0.1) is 0 Å². The Labute approximate surface area is 214 Å². The average Bonchev–Trinajstić information content (AvgIpc) is 2.82. The van der Waals surface area contributed by atoms with Gasteiger partial charge in [-0.2, -0.15) is 10.5 Å². The number of nitriles is 2. The summed E-state index contributed by atoms with van der Waals surface area (Å²) >= 11 is 4.55. The van der Waals surface area contributed by atoms with Crippen molar-refractivity contribution in [3.8, 4) is 17.9 Å². The highest BCUT2D eigenvalue weighted by Crippen LogP contribution is 2.32. The smallest absolute Gasteiger partial charge is 0.146 e. The molecule has 32 heavy (non-hydrogen) atoms. The second-order valence-corrected chi connectivity index (χ2v) is 9.42. The van der Waals surface area contributed by atoms with Crippen LogP contribution in [0.3, 0.4) is 0 Å². The molecule has 4 aromatic carbocycles. The Bertz CT molecular complexity index is 1380. The van der Waals surface area contributed by atoms with Gasteiger partial charge in [0.2, 0.25) is 0 Å². The van der Waals surface area contributed by atoms with Crippen LogP contribution in [0.15, 0.2) is 78.9 Å². The van der Waals surface area contributed by atoms with E-state index in [0.717, 1.165) is 29.6 Å². The molecule has 0 aliphatic carbocycles. The molecule has 0 saturated heterocycles. The summed E-state index contributed by atoms with van der Waals surface area (Å²) in [6.45, 7) is 0.483. The summed E-state index contributed by atoms with van der Waals surface area (Å²) in [5.74, 6) is 0.841. The number of hydrogen-bond donors (Lipinski definition) is 0. The molecule has 0 aromatic heterocycles. The van der Waals surface area contributed by atoms with E-state index in [1.807, 2.05) is 30.3 Å². The van der Waals surface area contributed by atoms with Crippen LogP contribution in [0.1, 0.15) is 22.3 Å². The number of allylic oxidation sites excluding steroid dienone is 1. The number of hydrogen-bond acceptors (Lipinski definition) is 3. The summed E-state index contributed by atoms with van der Waals surface area (Å²) in [5.41, 5.74) is 3.98. The maximum atomic E-state index is 9.65. The molecule has 4 rings (SSSR count). The lowest BCUT2D eigenvalue weighted by Gasteiger charge is -2.13. The molecule has 0 saturated carbocycles. The van der Waals surface area contributed by atoms with Crippen molar-refractivity contribution in [1.29, 1.82) is 10.5 Å². The zero-order chi connectivity index (χ0) is 22.5. The second-order valence-electron chi connectivity index (χ2n) is 7.10. The van der Waals surface area contributed by atoms with Gasteiger partial charge in [-0.25, -0.2) is 0 Å². The van der Waals surface area contributed by atoms with Crippen LogP contribution in [0.4, 0.5) is 0 Å². The third-order valence-corrected chi connectivity index (χ3v) is 6.63. The zero-order valence-electron chi connectivity index (χ0n) is 16.8. The van der Waals surface area contributed by atoms with E-state index in [2.05, 4.69) is 87.7 Å². The largest absolute Gasteiger partial charge is 0.487 e. The van der Waals surface area contributed by atoms with Crippen molar-refractivity contribution in [3.63, 3.8) is 0 Å². The van der Waals surface area contributed by atoms with Crippen LogP contribution >= 0.6 is 45.2 Å². The summed E-state index contributed by atoms with van der Waals surface area (Å²) in [4.78, 5) is 0. The number of fused-ring (bicyclic) bond motifs is 1. The standard InChI is InChI=1S/C27H16I2N2O/c28-25-13-19(12-23(16-31)20-10-8-18(15-30)9-11-20)14-26(29)27(25)32-17-22-6-3-5-21-4-1-2-7-24(21)22/h1-14H,17H2/b23-12-. The van der Waals surface area contributed by atoms with Crippen molar-refractivity contribution in [2.75, 3.05) is 0 Å². The molecule has 0 amide bonds. The van der Waals surface area contributed by atoms with Crippen LogP contribution in [0, 0.1) is 29.8 Å². The summed E-state index contributed by atoms with van der Waals surface area (Å²) < 4.78 is 8.20. The van der Waals surface area contributed by atoms with Gasteiger partial charge in [-0.05, 0) is 103 Å². The van der Waals surface area contributed by atoms with Crippen LogP contribution in [0.5, 0.6) is 5.75 Å². The topological polar surface area (TPSA) is 56.8 Å². The van der Waals surface area contributed by atoms with Gasteiger partial charge in [0.25, 0.3) is 0 Å². The second kappa shape index (κ2) is 10.2.